The fourth-order valence-electron chi connectivity index (χ4n) is 1.63. The Morgan fingerprint density at radius 3 is 2.04 bits per heavy atom. The molecule has 0 aliphatic heterocycles. The predicted octanol–water partition coefficient (Wildman–Crippen LogP) is 1.95. The summed E-state index contributed by atoms with van der Waals surface area (Å²) in [7, 11) is 0. The number of nitrogens with zero attached hydrogens (tertiary/aromatic N) is 3. The van der Waals surface area contributed by atoms with Gasteiger partial charge < -0.3 is 19.3 Å². The number of aliphatic carboxylic acids is 1. The third-order valence-electron chi connectivity index (χ3n) is 2.73. The minimum absolute atomic E-state index is 0.0365. The fourth-order valence-corrected chi connectivity index (χ4v) is 1.63. The van der Waals surface area contributed by atoms with Gasteiger partial charge in [0.25, 0.3) is 0 Å². The zero-order valence-electron chi connectivity index (χ0n) is 13.3. The molecule has 0 amide bonds. The van der Waals surface area contributed by atoms with Crippen molar-refractivity contribution in [3.63, 3.8) is 0 Å². The highest BCUT2D eigenvalue weighted by molar-refractivity contribution is 5.78. The van der Waals surface area contributed by atoms with E-state index in [1.165, 1.54) is 0 Å². The summed E-state index contributed by atoms with van der Waals surface area (Å²) in [4.78, 5) is 24.3. The number of azide groups is 1. The lowest BCUT2D eigenvalue weighted by atomic mass is 10.1. The van der Waals surface area contributed by atoms with Crippen molar-refractivity contribution in [2.45, 2.75) is 32.1 Å². The van der Waals surface area contributed by atoms with Crippen LogP contribution in [0.2, 0.25) is 0 Å². The smallest absolute Gasteiger partial charge is 0.303 e. The van der Waals surface area contributed by atoms with Crippen molar-refractivity contribution in [3.8, 4) is 0 Å². The predicted molar refractivity (Wildman–Crippen MR) is 82.2 cm³/mol. The van der Waals surface area contributed by atoms with Crippen LogP contribution in [0.15, 0.2) is 5.11 Å². The molecule has 9 heteroatoms. The average Bonchev–Trinajstić information content (AvgIpc) is 2.51. The highest BCUT2D eigenvalue weighted by atomic mass is 16.5. The number of carboxylic acids is 1. The Morgan fingerprint density at radius 2 is 1.43 bits per heavy atom. The Morgan fingerprint density at radius 1 is 0.870 bits per heavy atom. The van der Waals surface area contributed by atoms with E-state index in [0.717, 1.165) is 0 Å². The standard InChI is InChI=1S/C14H25N3O6/c15-17-16-6-8-22-10-12-23-11-9-21-7-2-4-13(18)3-1-5-14(19)20/h1-12H2,(H,19,20). The molecule has 0 atom stereocenters. The molecule has 0 aromatic heterocycles. The van der Waals surface area contributed by atoms with Gasteiger partial charge in [-0.05, 0) is 18.4 Å². The molecule has 0 spiro atoms. The van der Waals surface area contributed by atoms with E-state index < -0.39 is 5.97 Å². The second kappa shape index (κ2) is 16.7. The zero-order chi connectivity index (χ0) is 17.2. The lowest BCUT2D eigenvalue weighted by Crippen LogP contribution is -2.11. The third kappa shape index (κ3) is 18.3. The van der Waals surface area contributed by atoms with E-state index in [1.807, 2.05) is 0 Å². The van der Waals surface area contributed by atoms with E-state index in [1.54, 1.807) is 0 Å². The monoisotopic (exact) mass is 331 g/mol. The fraction of sp³-hybridized carbons (Fsp3) is 0.857. The molecule has 0 aromatic rings. The summed E-state index contributed by atoms with van der Waals surface area (Å²) < 4.78 is 15.7. The van der Waals surface area contributed by atoms with Crippen molar-refractivity contribution in [2.75, 3.05) is 46.2 Å². The van der Waals surface area contributed by atoms with Crippen LogP contribution in [0.3, 0.4) is 0 Å². The Kier molecular flexibility index (Phi) is 15.5. The van der Waals surface area contributed by atoms with Crippen LogP contribution < -0.4 is 0 Å². The van der Waals surface area contributed by atoms with Gasteiger partial charge in [-0.15, -0.1) is 0 Å². The minimum atomic E-state index is -0.873. The van der Waals surface area contributed by atoms with Crippen molar-refractivity contribution in [1.82, 2.24) is 0 Å². The zero-order valence-corrected chi connectivity index (χ0v) is 13.3. The molecule has 0 fully saturated rings. The Labute approximate surface area is 135 Å². The molecular weight excluding hydrogens is 306 g/mol. The quantitative estimate of drug-likeness (QED) is 0.187. The molecule has 1 N–H and O–H groups in total. The number of hydrogen-bond acceptors (Lipinski definition) is 6. The number of carbonyl (C=O) groups excluding carboxylic acids is 1. The number of ether oxygens (including phenoxy) is 3. The van der Waals surface area contributed by atoms with Crippen LogP contribution in [0.4, 0.5) is 0 Å². The summed E-state index contributed by atoms with van der Waals surface area (Å²) in [6.45, 7) is 2.96. The highest BCUT2D eigenvalue weighted by Crippen LogP contribution is 2.02. The molecule has 0 rings (SSSR count). The molecule has 0 aliphatic carbocycles. The van der Waals surface area contributed by atoms with E-state index in [2.05, 4.69) is 10.0 Å². The summed E-state index contributed by atoms with van der Waals surface area (Å²) >= 11 is 0. The molecule has 0 radical (unpaired) electrons. The van der Waals surface area contributed by atoms with Crippen LogP contribution in [-0.4, -0.2) is 63.0 Å². The van der Waals surface area contributed by atoms with Crippen molar-refractivity contribution < 1.29 is 28.9 Å². The first kappa shape index (κ1) is 21.3. The summed E-state index contributed by atoms with van der Waals surface area (Å²) in [5.41, 5.74) is 8.04. The van der Waals surface area contributed by atoms with Gasteiger partial charge in [-0.1, -0.05) is 5.11 Å². The van der Waals surface area contributed by atoms with Gasteiger partial charge in [-0.25, -0.2) is 0 Å². The topological polar surface area (TPSA) is 131 Å². The van der Waals surface area contributed by atoms with Gasteiger partial charge in [0.1, 0.15) is 5.78 Å². The second-order valence-corrected chi connectivity index (χ2v) is 4.68. The summed E-state index contributed by atoms with van der Waals surface area (Å²) in [6, 6.07) is 0. The number of hydrogen-bond donors (Lipinski definition) is 1. The Hall–Kier alpha value is -1.67. The number of rotatable bonds is 17. The maximum absolute atomic E-state index is 11.4. The van der Waals surface area contributed by atoms with Crippen molar-refractivity contribution in [3.05, 3.63) is 10.4 Å². The largest absolute Gasteiger partial charge is 0.481 e. The Bertz CT molecular complexity index is 372. The number of carboxylic acid groups (broad SMARTS) is 1. The molecule has 0 saturated heterocycles. The lowest BCUT2D eigenvalue weighted by Gasteiger charge is -2.06. The third-order valence-corrected chi connectivity index (χ3v) is 2.73. The first-order chi connectivity index (χ1) is 11.2. The average molecular weight is 331 g/mol. The molecule has 0 saturated carbocycles. The molecule has 0 bridgehead atoms. The first-order valence-corrected chi connectivity index (χ1v) is 7.64. The van der Waals surface area contributed by atoms with Crippen LogP contribution in [-0.2, 0) is 23.8 Å². The lowest BCUT2D eigenvalue weighted by molar-refractivity contribution is -0.137. The molecule has 0 aliphatic rings. The van der Waals surface area contributed by atoms with E-state index in [4.69, 9.17) is 24.8 Å². The molecular formula is C14H25N3O6. The van der Waals surface area contributed by atoms with Crippen LogP contribution >= 0.6 is 0 Å². The molecule has 23 heavy (non-hydrogen) atoms. The van der Waals surface area contributed by atoms with Gasteiger partial charge in [-0.3, -0.25) is 9.59 Å². The van der Waals surface area contributed by atoms with E-state index in [-0.39, 0.29) is 12.2 Å². The molecule has 0 heterocycles. The van der Waals surface area contributed by atoms with Gasteiger partial charge in [-0.2, -0.15) is 0 Å². The minimum Gasteiger partial charge on any atom is -0.481 e. The van der Waals surface area contributed by atoms with Crippen molar-refractivity contribution in [2.24, 2.45) is 5.11 Å². The van der Waals surface area contributed by atoms with Crippen molar-refractivity contribution in [1.29, 1.82) is 0 Å². The van der Waals surface area contributed by atoms with Crippen LogP contribution in [0.25, 0.3) is 10.4 Å². The van der Waals surface area contributed by atoms with Gasteiger partial charge in [0, 0.05) is 37.3 Å². The van der Waals surface area contributed by atoms with Gasteiger partial charge >= 0.3 is 5.97 Å². The van der Waals surface area contributed by atoms with Crippen LogP contribution in [0.5, 0.6) is 0 Å². The molecule has 9 nitrogen and oxygen atoms in total. The SMILES string of the molecule is [N-]=[N+]=NCCOCCOCCOCCCC(=O)CCCC(=O)O. The number of carbonyl (C=O) groups is 2. The van der Waals surface area contributed by atoms with E-state index in [0.29, 0.717) is 71.9 Å². The van der Waals surface area contributed by atoms with Gasteiger partial charge in [0.05, 0.1) is 33.0 Å². The van der Waals surface area contributed by atoms with Crippen molar-refractivity contribution >= 4 is 11.8 Å². The van der Waals surface area contributed by atoms with E-state index >= 15 is 0 Å². The van der Waals surface area contributed by atoms with Crippen LogP contribution in [0.1, 0.15) is 32.1 Å². The summed E-state index contributed by atoms with van der Waals surface area (Å²) in [5.74, 6) is -0.800. The maximum Gasteiger partial charge on any atom is 0.303 e. The van der Waals surface area contributed by atoms with Crippen LogP contribution in [0, 0.1) is 0 Å². The van der Waals surface area contributed by atoms with Gasteiger partial charge in [0.15, 0.2) is 0 Å². The van der Waals surface area contributed by atoms with E-state index in [9.17, 15) is 9.59 Å². The first-order valence-electron chi connectivity index (χ1n) is 7.64. The number of ketones is 1. The number of Topliss-reactive ketones (excluding diaryl/α,β-unsaturated/α-hetero) is 1. The molecule has 0 unspecified atom stereocenters. The summed E-state index contributed by atoms with van der Waals surface area (Å²) in [6.07, 6.45) is 1.80. The highest BCUT2D eigenvalue weighted by Gasteiger charge is 2.04. The summed E-state index contributed by atoms with van der Waals surface area (Å²) in [5, 5.41) is 11.8. The maximum atomic E-state index is 11.4. The molecule has 0 aromatic carbocycles. The van der Waals surface area contributed by atoms with Gasteiger partial charge in [0.2, 0.25) is 0 Å². The Balaban J connectivity index is 3.16. The second-order valence-electron chi connectivity index (χ2n) is 4.68. The molecule has 132 valence electrons. The normalized spacial score (nSPS) is 10.3.